The molecular weight excluding hydrogens is 384 g/mol. The number of imidazole rings is 1. The summed E-state index contributed by atoms with van der Waals surface area (Å²) in [6.07, 6.45) is 1.81. The molecule has 7 heteroatoms. The highest BCUT2D eigenvalue weighted by Gasteiger charge is 2.16. The van der Waals surface area contributed by atoms with Crippen LogP contribution < -0.4 is 5.32 Å². The quantitative estimate of drug-likeness (QED) is 0.456. The molecule has 29 heavy (non-hydrogen) atoms. The molecule has 1 heterocycles. The maximum atomic E-state index is 12.5. The van der Waals surface area contributed by atoms with Crippen molar-refractivity contribution in [3.8, 4) is 0 Å². The predicted molar refractivity (Wildman–Crippen MR) is 118 cm³/mol. The number of likely N-dealkylation sites (N-methyl/N-ethyl adjacent to an activating group) is 1. The second-order valence-corrected chi connectivity index (χ2v) is 7.68. The summed E-state index contributed by atoms with van der Waals surface area (Å²) in [6, 6.07) is 15.4. The number of aromatic nitrogens is 2. The van der Waals surface area contributed by atoms with E-state index in [4.69, 9.17) is 0 Å². The van der Waals surface area contributed by atoms with Gasteiger partial charge in [-0.2, -0.15) is 0 Å². The molecule has 0 saturated heterocycles. The molecule has 0 aliphatic rings. The van der Waals surface area contributed by atoms with Crippen molar-refractivity contribution < 1.29 is 9.59 Å². The monoisotopic (exact) mass is 408 g/mol. The number of carbonyl (C=O) groups is 2. The van der Waals surface area contributed by atoms with Crippen LogP contribution in [0, 0.1) is 6.92 Å². The third-order valence-electron chi connectivity index (χ3n) is 4.40. The van der Waals surface area contributed by atoms with Crippen molar-refractivity contribution in [2.45, 2.75) is 18.6 Å². The molecule has 6 nitrogen and oxygen atoms in total. The summed E-state index contributed by atoms with van der Waals surface area (Å²) in [5, 5.41) is 3.57. The van der Waals surface area contributed by atoms with Crippen molar-refractivity contribution in [1.82, 2.24) is 14.5 Å². The first kappa shape index (κ1) is 20.7. The average Bonchev–Trinajstić information content (AvgIpc) is 3.05. The van der Waals surface area contributed by atoms with E-state index < -0.39 is 0 Å². The Kier molecular flexibility index (Phi) is 6.72. The number of hydrogen-bond donors (Lipinski definition) is 1. The minimum absolute atomic E-state index is 0.00363. The Morgan fingerprint density at radius 3 is 2.66 bits per heavy atom. The van der Waals surface area contributed by atoms with Crippen molar-refractivity contribution >= 4 is 40.3 Å². The van der Waals surface area contributed by atoms with Gasteiger partial charge in [0.25, 0.3) is 0 Å². The van der Waals surface area contributed by atoms with Gasteiger partial charge >= 0.3 is 0 Å². The van der Waals surface area contributed by atoms with Crippen LogP contribution in [0.25, 0.3) is 11.0 Å². The molecule has 0 saturated carbocycles. The largest absolute Gasteiger partial charge is 0.336 e. The van der Waals surface area contributed by atoms with Crippen LogP contribution >= 0.6 is 11.8 Å². The number of thioether (sulfide) groups is 1. The van der Waals surface area contributed by atoms with Crippen molar-refractivity contribution in [2.24, 2.45) is 0 Å². The van der Waals surface area contributed by atoms with Gasteiger partial charge in [-0.25, -0.2) is 4.98 Å². The zero-order valence-corrected chi connectivity index (χ0v) is 17.4. The maximum Gasteiger partial charge on any atom is 0.243 e. The summed E-state index contributed by atoms with van der Waals surface area (Å²) in [4.78, 5) is 30.7. The third kappa shape index (κ3) is 5.26. The summed E-state index contributed by atoms with van der Waals surface area (Å²) in [7, 11) is 1.63. The standard InChI is InChI=1S/C22H24N4O2S/c1-4-13-26-19-8-6-5-7-18(19)24-22(26)29-15-21(28)25(3)14-20(27)23-17-11-9-16(2)10-12-17/h4-12H,1,13-15H2,2-3H3,(H,23,27). The Labute approximate surface area is 174 Å². The van der Waals surface area contributed by atoms with Gasteiger partial charge in [0.1, 0.15) is 0 Å². The average molecular weight is 409 g/mol. The first-order valence-electron chi connectivity index (χ1n) is 9.27. The minimum Gasteiger partial charge on any atom is -0.336 e. The van der Waals surface area contributed by atoms with Crippen LogP contribution in [0.3, 0.4) is 0 Å². The summed E-state index contributed by atoms with van der Waals surface area (Å²) >= 11 is 1.36. The number of allylic oxidation sites excluding steroid dienone is 1. The van der Waals surface area contributed by atoms with Crippen molar-refractivity contribution in [1.29, 1.82) is 0 Å². The zero-order valence-electron chi connectivity index (χ0n) is 16.6. The molecule has 0 aliphatic carbocycles. The molecule has 150 valence electrons. The molecular formula is C22H24N4O2S. The molecule has 0 radical (unpaired) electrons. The van der Waals surface area contributed by atoms with Gasteiger partial charge in [-0.1, -0.05) is 47.7 Å². The number of hydrogen-bond acceptors (Lipinski definition) is 4. The molecule has 0 unspecified atom stereocenters. The van der Waals surface area contributed by atoms with Gasteiger partial charge in [-0.05, 0) is 31.2 Å². The van der Waals surface area contributed by atoms with Gasteiger partial charge in [-0.3, -0.25) is 9.59 Å². The van der Waals surface area contributed by atoms with Crippen LogP contribution in [0.15, 0.2) is 66.3 Å². The van der Waals surface area contributed by atoms with Gasteiger partial charge in [-0.15, -0.1) is 6.58 Å². The van der Waals surface area contributed by atoms with Gasteiger partial charge in [0.05, 0.1) is 23.3 Å². The number of nitrogens with zero attached hydrogens (tertiary/aromatic N) is 3. The molecule has 2 amide bonds. The molecule has 1 N–H and O–H groups in total. The van der Waals surface area contributed by atoms with Crippen LogP contribution in [0.4, 0.5) is 5.69 Å². The molecule has 0 spiro atoms. The first-order valence-corrected chi connectivity index (χ1v) is 10.3. The Hall–Kier alpha value is -3.06. The molecule has 2 aromatic carbocycles. The van der Waals surface area contributed by atoms with E-state index in [1.54, 1.807) is 7.05 Å². The highest BCUT2D eigenvalue weighted by Crippen LogP contribution is 2.24. The normalized spacial score (nSPS) is 10.7. The summed E-state index contributed by atoms with van der Waals surface area (Å²) in [5.41, 5.74) is 3.73. The molecule has 0 aliphatic heterocycles. The summed E-state index contributed by atoms with van der Waals surface area (Å²) < 4.78 is 2.03. The highest BCUT2D eigenvalue weighted by molar-refractivity contribution is 7.99. The van der Waals surface area contributed by atoms with Gasteiger partial charge in [0.15, 0.2) is 5.16 Å². The number of rotatable bonds is 8. The lowest BCUT2D eigenvalue weighted by molar-refractivity contribution is -0.131. The number of fused-ring (bicyclic) bond motifs is 1. The topological polar surface area (TPSA) is 67.2 Å². The SMILES string of the molecule is C=CCn1c(SCC(=O)N(C)CC(=O)Nc2ccc(C)cc2)nc2ccccc21. The van der Waals surface area contributed by atoms with Gasteiger partial charge < -0.3 is 14.8 Å². The van der Waals surface area contributed by atoms with E-state index in [2.05, 4.69) is 16.9 Å². The Morgan fingerprint density at radius 1 is 1.21 bits per heavy atom. The van der Waals surface area contributed by atoms with Gasteiger partial charge in [0, 0.05) is 19.3 Å². The van der Waals surface area contributed by atoms with Crippen molar-refractivity contribution in [3.05, 3.63) is 66.7 Å². The smallest absolute Gasteiger partial charge is 0.243 e. The highest BCUT2D eigenvalue weighted by atomic mass is 32.2. The molecule has 0 atom stereocenters. The lowest BCUT2D eigenvalue weighted by Gasteiger charge is -2.16. The number of amides is 2. The summed E-state index contributed by atoms with van der Waals surface area (Å²) in [5.74, 6) is -0.158. The molecule has 0 fully saturated rings. The van der Waals surface area contributed by atoms with E-state index in [0.29, 0.717) is 12.2 Å². The van der Waals surface area contributed by atoms with E-state index >= 15 is 0 Å². The molecule has 3 aromatic rings. The number of anilines is 1. The van der Waals surface area contributed by atoms with E-state index in [9.17, 15) is 9.59 Å². The fourth-order valence-electron chi connectivity index (χ4n) is 2.85. The lowest BCUT2D eigenvalue weighted by atomic mass is 10.2. The van der Waals surface area contributed by atoms with E-state index in [-0.39, 0.29) is 24.1 Å². The van der Waals surface area contributed by atoms with Crippen molar-refractivity contribution in [3.63, 3.8) is 0 Å². The molecule has 3 rings (SSSR count). The van der Waals surface area contributed by atoms with Crippen LogP contribution in [0.1, 0.15) is 5.56 Å². The van der Waals surface area contributed by atoms with E-state index in [1.807, 2.05) is 66.1 Å². The number of aryl methyl sites for hydroxylation is 1. The fraction of sp³-hybridized carbons (Fsp3) is 0.227. The Bertz CT molecular complexity index is 1030. The van der Waals surface area contributed by atoms with Crippen molar-refractivity contribution in [2.75, 3.05) is 24.7 Å². The second-order valence-electron chi connectivity index (χ2n) is 6.74. The van der Waals surface area contributed by atoms with Crippen LogP contribution in [-0.4, -0.2) is 45.6 Å². The van der Waals surface area contributed by atoms with Crippen LogP contribution in [0.2, 0.25) is 0 Å². The van der Waals surface area contributed by atoms with Crippen LogP contribution in [0.5, 0.6) is 0 Å². The first-order chi connectivity index (χ1) is 14.0. The summed E-state index contributed by atoms with van der Waals surface area (Å²) in [6.45, 7) is 6.40. The lowest BCUT2D eigenvalue weighted by Crippen LogP contribution is -2.36. The third-order valence-corrected chi connectivity index (χ3v) is 5.36. The Balaban J connectivity index is 1.58. The molecule has 0 bridgehead atoms. The van der Waals surface area contributed by atoms with Gasteiger partial charge in [0.2, 0.25) is 11.8 Å². The number of nitrogens with one attached hydrogen (secondary N) is 1. The second kappa shape index (κ2) is 9.43. The predicted octanol–water partition coefficient (Wildman–Crippen LogP) is 3.72. The zero-order chi connectivity index (χ0) is 20.8. The number of para-hydroxylation sites is 2. The molecule has 1 aromatic heterocycles. The van der Waals surface area contributed by atoms with Crippen LogP contribution in [-0.2, 0) is 16.1 Å². The maximum absolute atomic E-state index is 12.5. The number of carbonyl (C=O) groups excluding carboxylic acids is 2. The van der Waals surface area contributed by atoms with E-state index in [1.165, 1.54) is 16.7 Å². The Morgan fingerprint density at radius 2 is 1.93 bits per heavy atom. The number of benzene rings is 2. The minimum atomic E-state index is -0.228. The fourth-order valence-corrected chi connectivity index (χ4v) is 3.81. The van der Waals surface area contributed by atoms with E-state index in [0.717, 1.165) is 21.8 Å².